The molecule has 2 aromatic carbocycles. The molecule has 36 heavy (non-hydrogen) atoms. The Bertz CT molecular complexity index is 1200. The SMILES string of the molecule is Cc1nn(-c2cccc(Cl)c2)cc1C(Nc1ccc(C(=O)N(C)CCC(=O)O)cc1)C1CCCCC1. The summed E-state index contributed by atoms with van der Waals surface area (Å²) < 4.78 is 1.89. The van der Waals surface area contributed by atoms with E-state index < -0.39 is 5.97 Å². The van der Waals surface area contributed by atoms with Gasteiger partial charge in [-0.25, -0.2) is 4.68 Å². The van der Waals surface area contributed by atoms with Crippen molar-refractivity contribution in [1.29, 1.82) is 0 Å². The molecule has 190 valence electrons. The van der Waals surface area contributed by atoms with E-state index in [1.54, 1.807) is 19.2 Å². The Morgan fingerprint density at radius 2 is 1.89 bits per heavy atom. The lowest BCUT2D eigenvalue weighted by atomic mass is 9.81. The first-order valence-corrected chi connectivity index (χ1v) is 12.9. The molecule has 3 aromatic rings. The van der Waals surface area contributed by atoms with Crippen LogP contribution in [0.5, 0.6) is 0 Å². The van der Waals surface area contributed by atoms with Gasteiger partial charge >= 0.3 is 5.97 Å². The molecule has 0 radical (unpaired) electrons. The van der Waals surface area contributed by atoms with Crippen LogP contribution in [0, 0.1) is 12.8 Å². The third kappa shape index (κ3) is 6.26. The summed E-state index contributed by atoms with van der Waals surface area (Å²) in [5.41, 5.74) is 4.53. The largest absolute Gasteiger partial charge is 0.481 e. The Balaban J connectivity index is 1.56. The lowest BCUT2D eigenvalue weighted by Crippen LogP contribution is -2.29. The number of carbonyl (C=O) groups is 2. The maximum Gasteiger partial charge on any atom is 0.305 e. The second-order valence-electron chi connectivity index (χ2n) is 9.56. The fourth-order valence-corrected chi connectivity index (χ4v) is 5.11. The van der Waals surface area contributed by atoms with E-state index in [0.29, 0.717) is 16.5 Å². The summed E-state index contributed by atoms with van der Waals surface area (Å²) in [5.74, 6) is -0.625. The Morgan fingerprint density at radius 1 is 1.17 bits per heavy atom. The number of benzene rings is 2. The van der Waals surface area contributed by atoms with E-state index >= 15 is 0 Å². The van der Waals surface area contributed by atoms with Crippen LogP contribution in [0.25, 0.3) is 5.69 Å². The molecule has 1 aromatic heterocycles. The van der Waals surface area contributed by atoms with Crippen molar-refractivity contribution in [2.45, 2.75) is 51.5 Å². The van der Waals surface area contributed by atoms with Gasteiger partial charge in [-0.2, -0.15) is 5.10 Å². The summed E-state index contributed by atoms with van der Waals surface area (Å²) in [5, 5.41) is 18.1. The number of carboxylic acids is 1. The standard InChI is InChI=1S/C28H33ClN4O3/c1-19-25(18-33(31-19)24-10-6-9-22(29)17-24)27(20-7-4-3-5-8-20)30-23-13-11-21(12-14-23)28(36)32(2)16-15-26(34)35/h6,9-14,17-18,20,27,30H,3-5,7-8,15-16H2,1-2H3,(H,34,35). The number of aromatic nitrogens is 2. The average molecular weight is 509 g/mol. The quantitative estimate of drug-likeness (QED) is 0.364. The van der Waals surface area contributed by atoms with Crippen LogP contribution >= 0.6 is 11.6 Å². The number of nitrogens with zero attached hydrogens (tertiary/aromatic N) is 3. The van der Waals surface area contributed by atoms with E-state index in [2.05, 4.69) is 11.5 Å². The van der Waals surface area contributed by atoms with Crippen molar-refractivity contribution in [3.8, 4) is 5.69 Å². The number of anilines is 1. The maximum atomic E-state index is 12.7. The molecule has 1 aliphatic carbocycles. The van der Waals surface area contributed by atoms with Gasteiger partial charge in [-0.05, 0) is 68.1 Å². The fourth-order valence-electron chi connectivity index (χ4n) is 4.92. The number of halogens is 1. The molecule has 1 unspecified atom stereocenters. The van der Waals surface area contributed by atoms with Gasteiger partial charge in [-0.3, -0.25) is 9.59 Å². The number of aryl methyl sites for hydroxylation is 1. The number of carbonyl (C=O) groups excluding carboxylic acids is 1. The minimum Gasteiger partial charge on any atom is -0.481 e. The summed E-state index contributed by atoms with van der Waals surface area (Å²) in [6.07, 6.45) is 8.06. The molecule has 7 nitrogen and oxygen atoms in total. The van der Waals surface area contributed by atoms with Gasteiger partial charge in [0.1, 0.15) is 0 Å². The van der Waals surface area contributed by atoms with Gasteiger partial charge in [0.15, 0.2) is 0 Å². The van der Waals surface area contributed by atoms with Crippen molar-refractivity contribution in [2.24, 2.45) is 5.92 Å². The lowest BCUT2D eigenvalue weighted by molar-refractivity contribution is -0.137. The van der Waals surface area contributed by atoms with Gasteiger partial charge in [-0.1, -0.05) is 36.9 Å². The summed E-state index contributed by atoms with van der Waals surface area (Å²) in [6.45, 7) is 2.22. The second-order valence-corrected chi connectivity index (χ2v) is 10.00. The summed E-state index contributed by atoms with van der Waals surface area (Å²) in [4.78, 5) is 24.9. The highest BCUT2D eigenvalue weighted by atomic mass is 35.5. The molecule has 1 amide bonds. The van der Waals surface area contributed by atoms with Crippen LogP contribution in [0.1, 0.15) is 66.2 Å². The number of hydrogen-bond donors (Lipinski definition) is 2. The van der Waals surface area contributed by atoms with E-state index in [1.807, 2.05) is 48.0 Å². The molecule has 0 bridgehead atoms. The van der Waals surface area contributed by atoms with Crippen LogP contribution in [-0.2, 0) is 4.79 Å². The van der Waals surface area contributed by atoms with Crippen molar-refractivity contribution >= 4 is 29.2 Å². The van der Waals surface area contributed by atoms with Crippen LogP contribution in [0.4, 0.5) is 5.69 Å². The molecule has 1 aliphatic rings. The lowest BCUT2D eigenvalue weighted by Gasteiger charge is -2.31. The normalized spacial score (nSPS) is 14.9. The van der Waals surface area contributed by atoms with Crippen molar-refractivity contribution in [1.82, 2.24) is 14.7 Å². The Hall–Kier alpha value is -3.32. The van der Waals surface area contributed by atoms with Gasteiger partial charge in [0, 0.05) is 41.6 Å². The van der Waals surface area contributed by atoms with Gasteiger partial charge in [0.2, 0.25) is 0 Å². The number of nitrogens with one attached hydrogen (secondary N) is 1. The second kappa shape index (κ2) is 11.6. The smallest absolute Gasteiger partial charge is 0.305 e. The van der Waals surface area contributed by atoms with Gasteiger partial charge in [0.05, 0.1) is 23.8 Å². The topological polar surface area (TPSA) is 87.5 Å². The highest BCUT2D eigenvalue weighted by molar-refractivity contribution is 6.30. The molecule has 1 saturated carbocycles. The molecule has 1 heterocycles. The van der Waals surface area contributed by atoms with Crippen LogP contribution in [-0.4, -0.2) is 45.3 Å². The van der Waals surface area contributed by atoms with Crippen molar-refractivity contribution in [3.63, 3.8) is 0 Å². The van der Waals surface area contributed by atoms with Crippen LogP contribution in [0.2, 0.25) is 5.02 Å². The minimum absolute atomic E-state index is 0.0762. The molecule has 0 saturated heterocycles. The van der Waals surface area contributed by atoms with E-state index in [4.69, 9.17) is 21.8 Å². The van der Waals surface area contributed by atoms with Crippen molar-refractivity contribution < 1.29 is 14.7 Å². The zero-order chi connectivity index (χ0) is 25.7. The molecular formula is C28H33ClN4O3. The molecule has 4 rings (SSSR count). The number of rotatable bonds is 9. The van der Waals surface area contributed by atoms with Gasteiger partial charge < -0.3 is 15.3 Å². The molecule has 0 spiro atoms. The maximum absolute atomic E-state index is 12.7. The first-order valence-electron chi connectivity index (χ1n) is 12.5. The van der Waals surface area contributed by atoms with E-state index in [9.17, 15) is 9.59 Å². The first-order chi connectivity index (χ1) is 17.3. The molecule has 0 aliphatic heterocycles. The molecule has 1 fully saturated rings. The number of carboxylic acid groups (broad SMARTS) is 1. The minimum atomic E-state index is -0.920. The first kappa shape index (κ1) is 25.8. The molecular weight excluding hydrogens is 476 g/mol. The zero-order valence-corrected chi connectivity index (χ0v) is 21.5. The third-order valence-corrected chi connectivity index (χ3v) is 7.16. The number of hydrogen-bond acceptors (Lipinski definition) is 4. The average Bonchev–Trinajstić information content (AvgIpc) is 3.27. The molecule has 2 N–H and O–H groups in total. The van der Waals surface area contributed by atoms with Crippen molar-refractivity contribution in [2.75, 3.05) is 18.9 Å². The summed E-state index contributed by atoms with van der Waals surface area (Å²) >= 11 is 6.21. The zero-order valence-electron chi connectivity index (χ0n) is 20.8. The number of aliphatic carboxylic acids is 1. The van der Waals surface area contributed by atoms with E-state index in [-0.39, 0.29) is 24.9 Å². The Morgan fingerprint density at radius 3 is 2.56 bits per heavy atom. The van der Waals surface area contributed by atoms with Crippen LogP contribution < -0.4 is 5.32 Å². The Labute approximate surface area is 217 Å². The molecule has 1 atom stereocenters. The monoisotopic (exact) mass is 508 g/mol. The van der Waals surface area contributed by atoms with Crippen molar-refractivity contribution in [3.05, 3.63) is 76.6 Å². The summed E-state index contributed by atoms with van der Waals surface area (Å²) in [7, 11) is 1.62. The predicted molar refractivity (Wildman–Crippen MR) is 142 cm³/mol. The van der Waals surface area contributed by atoms with Crippen LogP contribution in [0.3, 0.4) is 0 Å². The van der Waals surface area contributed by atoms with E-state index in [0.717, 1.165) is 35.5 Å². The highest BCUT2D eigenvalue weighted by Crippen LogP contribution is 2.38. The van der Waals surface area contributed by atoms with Gasteiger partial charge in [0.25, 0.3) is 5.91 Å². The fraction of sp³-hybridized carbons (Fsp3) is 0.393. The number of amides is 1. The summed E-state index contributed by atoms with van der Waals surface area (Å²) in [6, 6.07) is 15.2. The van der Waals surface area contributed by atoms with Crippen LogP contribution in [0.15, 0.2) is 54.7 Å². The Kier molecular flexibility index (Phi) is 8.31. The highest BCUT2D eigenvalue weighted by Gasteiger charge is 2.28. The predicted octanol–water partition coefficient (Wildman–Crippen LogP) is 6.11. The van der Waals surface area contributed by atoms with Gasteiger partial charge in [-0.15, -0.1) is 0 Å². The molecule has 8 heteroatoms. The van der Waals surface area contributed by atoms with E-state index in [1.165, 1.54) is 24.2 Å². The third-order valence-electron chi connectivity index (χ3n) is 6.93.